The van der Waals surface area contributed by atoms with Crippen LogP contribution in [-0.2, 0) is 0 Å². The smallest absolute Gasteiger partial charge is 0.115 e. The third-order valence-corrected chi connectivity index (χ3v) is 6.68. The van der Waals surface area contributed by atoms with Crippen molar-refractivity contribution in [1.82, 2.24) is 9.78 Å². The van der Waals surface area contributed by atoms with Gasteiger partial charge in [0.05, 0.1) is 11.6 Å². The van der Waals surface area contributed by atoms with Gasteiger partial charge in [-0.2, -0.15) is 5.10 Å². The summed E-state index contributed by atoms with van der Waals surface area (Å²) in [6.45, 7) is 0. The molecule has 1 aliphatic carbocycles. The fourth-order valence-corrected chi connectivity index (χ4v) is 4.85. The fourth-order valence-electron chi connectivity index (χ4n) is 4.44. The number of hydrogen-bond donors (Lipinski definition) is 1. The maximum atomic E-state index is 9.70. The van der Waals surface area contributed by atoms with Crippen LogP contribution in [0.1, 0.15) is 31.7 Å². The van der Waals surface area contributed by atoms with Gasteiger partial charge in [-0.3, -0.25) is 4.68 Å². The summed E-state index contributed by atoms with van der Waals surface area (Å²) in [5.41, 5.74) is 5.72. The van der Waals surface area contributed by atoms with Crippen molar-refractivity contribution in [1.29, 1.82) is 0 Å². The van der Waals surface area contributed by atoms with Gasteiger partial charge >= 0.3 is 0 Å². The molecule has 1 fully saturated rings. The summed E-state index contributed by atoms with van der Waals surface area (Å²) in [5, 5.41) is 16.0. The first kappa shape index (κ1) is 18.3. The number of benzene rings is 3. The lowest BCUT2D eigenvalue weighted by Crippen LogP contribution is -2.07. The molecule has 1 saturated carbocycles. The van der Waals surface area contributed by atoms with Gasteiger partial charge in [-0.1, -0.05) is 43.2 Å². The van der Waals surface area contributed by atoms with Crippen molar-refractivity contribution in [3.63, 3.8) is 0 Å². The summed E-state index contributed by atoms with van der Waals surface area (Å²) < 4.78 is 2.28. The topological polar surface area (TPSA) is 38.1 Å². The van der Waals surface area contributed by atoms with E-state index in [9.17, 15) is 5.11 Å². The maximum Gasteiger partial charge on any atom is 0.115 e. The Balaban J connectivity index is 1.74. The Morgan fingerprint density at radius 2 is 1.59 bits per heavy atom. The van der Waals surface area contributed by atoms with Crippen molar-refractivity contribution in [2.24, 2.45) is 0 Å². The average molecular weight is 401 g/mol. The van der Waals surface area contributed by atoms with E-state index in [0.29, 0.717) is 6.04 Å². The molecule has 3 nitrogen and oxygen atoms in total. The van der Waals surface area contributed by atoms with Gasteiger partial charge in [0.15, 0.2) is 0 Å². The SMILES string of the molecule is CSc1ccc(-c2cccc3c(-c4ccc(O)cc4)nn(C4CCCC4)c23)cc1. The molecule has 0 saturated heterocycles. The van der Waals surface area contributed by atoms with E-state index in [2.05, 4.69) is 53.4 Å². The number of para-hydroxylation sites is 1. The van der Waals surface area contributed by atoms with Gasteiger partial charge in [-0.25, -0.2) is 0 Å². The zero-order chi connectivity index (χ0) is 19.8. The molecule has 0 radical (unpaired) electrons. The first-order valence-corrected chi connectivity index (χ1v) is 11.4. The van der Waals surface area contributed by atoms with E-state index in [-0.39, 0.29) is 5.75 Å². The first-order valence-electron chi connectivity index (χ1n) is 10.2. The van der Waals surface area contributed by atoms with Crippen LogP contribution >= 0.6 is 11.8 Å². The Bertz CT molecular complexity index is 1140. The lowest BCUT2D eigenvalue weighted by Gasteiger charge is -2.14. The Morgan fingerprint density at radius 1 is 0.897 bits per heavy atom. The lowest BCUT2D eigenvalue weighted by atomic mass is 10.00. The molecule has 4 aromatic rings. The van der Waals surface area contributed by atoms with Crippen molar-refractivity contribution < 1.29 is 5.11 Å². The van der Waals surface area contributed by atoms with Crippen LogP contribution in [0.3, 0.4) is 0 Å². The molecule has 1 N–H and O–H groups in total. The lowest BCUT2D eigenvalue weighted by molar-refractivity contribution is 0.475. The van der Waals surface area contributed by atoms with Gasteiger partial charge in [0, 0.05) is 21.4 Å². The normalized spacial score (nSPS) is 14.7. The number of aromatic hydroxyl groups is 1. The van der Waals surface area contributed by atoms with Gasteiger partial charge in [-0.15, -0.1) is 11.8 Å². The molecule has 1 aromatic heterocycles. The zero-order valence-electron chi connectivity index (χ0n) is 16.5. The van der Waals surface area contributed by atoms with Crippen molar-refractivity contribution in [2.75, 3.05) is 6.26 Å². The fraction of sp³-hybridized carbons (Fsp3) is 0.240. The van der Waals surface area contributed by atoms with Crippen LogP contribution in [0.2, 0.25) is 0 Å². The van der Waals surface area contributed by atoms with E-state index in [4.69, 9.17) is 5.10 Å². The summed E-state index contributed by atoms with van der Waals surface area (Å²) in [7, 11) is 0. The highest BCUT2D eigenvalue weighted by molar-refractivity contribution is 7.98. The van der Waals surface area contributed by atoms with E-state index in [0.717, 1.165) is 11.3 Å². The highest BCUT2D eigenvalue weighted by Crippen LogP contribution is 2.40. The molecule has 0 atom stereocenters. The minimum Gasteiger partial charge on any atom is -0.508 e. The van der Waals surface area contributed by atoms with Crippen LogP contribution in [0.15, 0.2) is 71.6 Å². The third kappa shape index (κ3) is 3.32. The van der Waals surface area contributed by atoms with Crippen LogP contribution in [0.5, 0.6) is 5.75 Å². The van der Waals surface area contributed by atoms with E-state index < -0.39 is 0 Å². The molecule has 0 bridgehead atoms. The molecular formula is C25H24N2OS. The van der Waals surface area contributed by atoms with E-state index in [1.165, 1.54) is 52.6 Å². The van der Waals surface area contributed by atoms with Crippen LogP contribution in [0, 0.1) is 0 Å². The molecule has 146 valence electrons. The second kappa shape index (κ2) is 7.60. The zero-order valence-corrected chi connectivity index (χ0v) is 17.3. The van der Waals surface area contributed by atoms with Gasteiger partial charge in [0.2, 0.25) is 0 Å². The highest BCUT2D eigenvalue weighted by atomic mass is 32.2. The summed E-state index contributed by atoms with van der Waals surface area (Å²) >= 11 is 1.76. The molecule has 29 heavy (non-hydrogen) atoms. The molecule has 3 aromatic carbocycles. The molecule has 0 spiro atoms. The molecule has 1 aliphatic rings. The number of phenols is 1. The number of phenolic OH excluding ortho intramolecular Hbond substituents is 1. The summed E-state index contributed by atoms with van der Waals surface area (Å²) in [4.78, 5) is 1.27. The summed E-state index contributed by atoms with van der Waals surface area (Å²) in [6, 6.07) is 23.2. The predicted molar refractivity (Wildman–Crippen MR) is 122 cm³/mol. The van der Waals surface area contributed by atoms with Crippen LogP contribution in [0.4, 0.5) is 0 Å². The maximum absolute atomic E-state index is 9.70. The standard InChI is InChI=1S/C25H24N2OS/c1-29-21-15-11-17(12-16-21)22-7-4-8-23-24(18-9-13-20(28)14-10-18)26-27(25(22)23)19-5-2-3-6-19/h4,7-16,19,28H,2-3,5-6H2,1H3. The number of fused-ring (bicyclic) bond motifs is 1. The number of aromatic nitrogens is 2. The minimum absolute atomic E-state index is 0.280. The minimum atomic E-state index is 0.280. The molecule has 4 heteroatoms. The molecule has 1 heterocycles. The first-order chi connectivity index (χ1) is 14.2. The van der Waals surface area contributed by atoms with Gasteiger partial charge in [0.25, 0.3) is 0 Å². The second-order valence-electron chi connectivity index (χ2n) is 7.71. The Labute approximate surface area is 175 Å². The largest absolute Gasteiger partial charge is 0.508 e. The summed E-state index contributed by atoms with van der Waals surface area (Å²) in [5.74, 6) is 0.280. The predicted octanol–water partition coefficient (Wildman–Crippen LogP) is 6.91. The number of nitrogens with zero attached hydrogens (tertiary/aromatic N) is 2. The van der Waals surface area contributed by atoms with E-state index >= 15 is 0 Å². The van der Waals surface area contributed by atoms with Gasteiger partial charge < -0.3 is 5.11 Å². The van der Waals surface area contributed by atoms with Crippen molar-refractivity contribution in [3.8, 4) is 28.1 Å². The molecule has 5 rings (SSSR count). The van der Waals surface area contributed by atoms with E-state index in [1.54, 1.807) is 23.9 Å². The van der Waals surface area contributed by atoms with Crippen molar-refractivity contribution in [3.05, 3.63) is 66.7 Å². The van der Waals surface area contributed by atoms with Crippen LogP contribution in [-0.4, -0.2) is 21.1 Å². The number of hydrogen-bond acceptors (Lipinski definition) is 3. The van der Waals surface area contributed by atoms with Crippen molar-refractivity contribution >= 4 is 22.7 Å². The van der Waals surface area contributed by atoms with Gasteiger partial charge in [0.1, 0.15) is 11.4 Å². The van der Waals surface area contributed by atoms with Crippen LogP contribution in [0.25, 0.3) is 33.3 Å². The number of rotatable bonds is 4. The number of thioether (sulfide) groups is 1. The van der Waals surface area contributed by atoms with E-state index in [1.807, 2.05) is 12.1 Å². The molecule has 0 amide bonds. The molecule has 0 unspecified atom stereocenters. The Morgan fingerprint density at radius 3 is 2.28 bits per heavy atom. The van der Waals surface area contributed by atoms with Gasteiger partial charge in [-0.05, 0) is 61.1 Å². The highest BCUT2D eigenvalue weighted by Gasteiger charge is 2.24. The monoisotopic (exact) mass is 400 g/mol. The quantitative estimate of drug-likeness (QED) is 0.378. The van der Waals surface area contributed by atoms with Crippen molar-refractivity contribution in [2.45, 2.75) is 36.6 Å². The third-order valence-electron chi connectivity index (χ3n) is 5.94. The van der Waals surface area contributed by atoms with Crippen LogP contribution < -0.4 is 0 Å². The summed E-state index contributed by atoms with van der Waals surface area (Å²) in [6.07, 6.45) is 7.02. The Kier molecular flexibility index (Phi) is 4.80. The second-order valence-corrected chi connectivity index (χ2v) is 8.59. The Hall–Kier alpha value is -2.72. The molecule has 0 aliphatic heterocycles. The molecular weight excluding hydrogens is 376 g/mol. The average Bonchev–Trinajstić information content (AvgIpc) is 3.42.